The summed E-state index contributed by atoms with van der Waals surface area (Å²) < 4.78 is 37.8. The van der Waals surface area contributed by atoms with Crippen molar-refractivity contribution in [3.05, 3.63) is 0 Å². The number of likely N-dealkylation sites (tertiary alicyclic amines) is 1. The minimum absolute atomic E-state index is 0.0190. The second-order valence-electron chi connectivity index (χ2n) is 5.80. The molecule has 2 N–H and O–H groups in total. The quantitative estimate of drug-likeness (QED) is 0.833. The molecule has 1 heterocycles. The third-order valence-electron chi connectivity index (χ3n) is 3.63. The summed E-state index contributed by atoms with van der Waals surface area (Å²) in [5.41, 5.74) is 5.64. The van der Waals surface area contributed by atoms with Gasteiger partial charge in [0.05, 0.1) is 5.92 Å². The summed E-state index contributed by atoms with van der Waals surface area (Å²) in [5.74, 6) is -1.14. The Hall–Kier alpha value is -0.290. The van der Waals surface area contributed by atoms with Crippen molar-refractivity contribution in [2.75, 3.05) is 26.2 Å². The van der Waals surface area contributed by atoms with Crippen molar-refractivity contribution in [1.29, 1.82) is 0 Å². The van der Waals surface area contributed by atoms with Crippen LogP contribution >= 0.6 is 0 Å². The summed E-state index contributed by atoms with van der Waals surface area (Å²) in [6.07, 6.45) is -2.26. The van der Waals surface area contributed by atoms with Crippen LogP contribution in [0.4, 0.5) is 13.2 Å². The molecule has 0 spiro atoms. The fraction of sp³-hybridized carbons (Fsp3) is 1.00. The second-order valence-corrected chi connectivity index (χ2v) is 5.80. The predicted octanol–water partition coefficient (Wildman–Crippen LogP) is 2.64. The van der Waals surface area contributed by atoms with Crippen LogP contribution in [0.15, 0.2) is 0 Å². The first-order chi connectivity index (χ1) is 7.74. The van der Waals surface area contributed by atoms with E-state index in [0.29, 0.717) is 13.0 Å². The lowest BCUT2D eigenvalue weighted by Crippen LogP contribution is -2.43. The Bertz CT molecular complexity index is 238. The van der Waals surface area contributed by atoms with Crippen LogP contribution in [0.1, 0.15) is 33.1 Å². The van der Waals surface area contributed by atoms with E-state index >= 15 is 0 Å². The molecule has 2 nitrogen and oxygen atoms in total. The zero-order valence-corrected chi connectivity index (χ0v) is 10.7. The summed E-state index contributed by atoms with van der Waals surface area (Å²) in [6, 6.07) is 0. The maximum atomic E-state index is 12.6. The van der Waals surface area contributed by atoms with Crippen LogP contribution < -0.4 is 5.73 Å². The topological polar surface area (TPSA) is 29.3 Å². The van der Waals surface area contributed by atoms with Crippen molar-refractivity contribution in [1.82, 2.24) is 4.90 Å². The molecule has 1 aliphatic rings. The van der Waals surface area contributed by atoms with Crippen LogP contribution in [0.3, 0.4) is 0 Å². The third kappa shape index (κ3) is 4.84. The van der Waals surface area contributed by atoms with Crippen molar-refractivity contribution >= 4 is 0 Å². The first-order valence-electron chi connectivity index (χ1n) is 6.24. The van der Waals surface area contributed by atoms with Gasteiger partial charge in [-0.3, -0.25) is 0 Å². The highest BCUT2D eigenvalue weighted by Crippen LogP contribution is 2.33. The summed E-state index contributed by atoms with van der Waals surface area (Å²) >= 11 is 0. The minimum atomic E-state index is -4.04. The molecule has 1 fully saturated rings. The smallest absolute Gasteiger partial charge is 0.330 e. The van der Waals surface area contributed by atoms with Gasteiger partial charge in [0.25, 0.3) is 0 Å². The molecule has 0 aliphatic carbocycles. The molecule has 0 amide bonds. The number of nitrogens with two attached hydrogens (primary N) is 1. The van der Waals surface area contributed by atoms with E-state index in [0.717, 1.165) is 19.5 Å². The van der Waals surface area contributed by atoms with Gasteiger partial charge in [0.1, 0.15) is 0 Å². The Morgan fingerprint density at radius 2 is 1.94 bits per heavy atom. The molecular weight excluding hydrogens is 229 g/mol. The maximum absolute atomic E-state index is 12.6. The Morgan fingerprint density at radius 3 is 2.47 bits per heavy atom. The van der Waals surface area contributed by atoms with Gasteiger partial charge < -0.3 is 10.6 Å². The molecule has 0 bridgehead atoms. The number of nitrogens with zero attached hydrogens (tertiary/aromatic N) is 1. The molecule has 1 rings (SSSR count). The fourth-order valence-corrected chi connectivity index (χ4v) is 2.09. The van der Waals surface area contributed by atoms with Gasteiger partial charge in [0.2, 0.25) is 0 Å². The lowest BCUT2D eigenvalue weighted by Gasteiger charge is -2.35. The standard InChI is InChI=1S/C12H23F3N2/c1-11(2,9-16)5-7-17-6-3-4-10(8-17)12(13,14)15/h10H,3-9,16H2,1-2H3. The molecular formula is C12H23F3N2. The molecule has 1 aliphatic heterocycles. The number of alkyl halides is 3. The van der Waals surface area contributed by atoms with Crippen LogP contribution in [-0.2, 0) is 0 Å². The predicted molar refractivity (Wildman–Crippen MR) is 62.7 cm³/mol. The van der Waals surface area contributed by atoms with E-state index in [-0.39, 0.29) is 18.4 Å². The molecule has 0 aromatic heterocycles. The zero-order chi connectivity index (χ0) is 13.1. The number of halogens is 3. The van der Waals surface area contributed by atoms with E-state index in [1.54, 1.807) is 0 Å². The Morgan fingerprint density at radius 1 is 1.29 bits per heavy atom. The average molecular weight is 252 g/mol. The lowest BCUT2D eigenvalue weighted by atomic mass is 9.88. The molecule has 1 unspecified atom stereocenters. The molecule has 0 aromatic carbocycles. The van der Waals surface area contributed by atoms with Gasteiger partial charge in [-0.2, -0.15) is 13.2 Å². The number of hydrogen-bond donors (Lipinski definition) is 1. The van der Waals surface area contributed by atoms with Gasteiger partial charge in [-0.1, -0.05) is 13.8 Å². The van der Waals surface area contributed by atoms with E-state index in [4.69, 9.17) is 5.73 Å². The lowest BCUT2D eigenvalue weighted by molar-refractivity contribution is -0.186. The molecule has 102 valence electrons. The molecule has 0 saturated carbocycles. The van der Waals surface area contributed by atoms with E-state index in [9.17, 15) is 13.2 Å². The van der Waals surface area contributed by atoms with Crippen LogP contribution in [-0.4, -0.2) is 37.3 Å². The first kappa shape index (κ1) is 14.8. The van der Waals surface area contributed by atoms with Gasteiger partial charge in [0, 0.05) is 6.54 Å². The summed E-state index contributed by atoms with van der Waals surface area (Å²) in [5, 5.41) is 0. The van der Waals surface area contributed by atoms with E-state index < -0.39 is 12.1 Å². The van der Waals surface area contributed by atoms with Crippen molar-refractivity contribution < 1.29 is 13.2 Å². The molecule has 0 aromatic rings. The van der Waals surface area contributed by atoms with Crippen molar-refractivity contribution in [2.45, 2.75) is 39.3 Å². The number of rotatable bonds is 4. The number of piperidine rings is 1. The van der Waals surface area contributed by atoms with Crippen LogP contribution in [0.5, 0.6) is 0 Å². The number of hydrogen-bond acceptors (Lipinski definition) is 2. The molecule has 5 heteroatoms. The van der Waals surface area contributed by atoms with Crippen molar-refractivity contribution in [2.24, 2.45) is 17.1 Å². The summed E-state index contributed by atoms with van der Waals surface area (Å²) in [6.45, 7) is 6.34. The third-order valence-corrected chi connectivity index (χ3v) is 3.63. The van der Waals surface area contributed by atoms with Gasteiger partial charge in [-0.15, -0.1) is 0 Å². The molecule has 1 atom stereocenters. The van der Waals surface area contributed by atoms with Gasteiger partial charge in [-0.25, -0.2) is 0 Å². The molecule has 17 heavy (non-hydrogen) atoms. The monoisotopic (exact) mass is 252 g/mol. The van der Waals surface area contributed by atoms with Crippen LogP contribution in [0.2, 0.25) is 0 Å². The van der Waals surface area contributed by atoms with E-state index in [2.05, 4.69) is 13.8 Å². The molecule has 0 radical (unpaired) electrons. The first-order valence-corrected chi connectivity index (χ1v) is 6.24. The normalized spacial score (nSPS) is 24.0. The highest BCUT2D eigenvalue weighted by atomic mass is 19.4. The Balaban J connectivity index is 2.40. The SMILES string of the molecule is CC(C)(CN)CCN1CCCC(C(F)(F)F)C1. The Labute approximate surface area is 101 Å². The second kappa shape index (κ2) is 5.57. The van der Waals surface area contributed by atoms with Crippen molar-refractivity contribution in [3.8, 4) is 0 Å². The maximum Gasteiger partial charge on any atom is 0.393 e. The minimum Gasteiger partial charge on any atom is -0.330 e. The Kier molecular flexibility index (Phi) is 4.84. The van der Waals surface area contributed by atoms with Gasteiger partial charge >= 0.3 is 6.18 Å². The van der Waals surface area contributed by atoms with Crippen LogP contribution in [0.25, 0.3) is 0 Å². The van der Waals surface area contributed by atoms with Crippen LogP contribution in [0, 0.1) is 11.3 Å². The largest absolute Gasteiger partial charge is 0.393 e. The highest BCUT2D eigenvalue weighted by molar-refractivity contribution is 4.79. The van der Waals surface area contributed by atoms with E-state index in [1.807, 2.05) is 4.90 Å². The summed E-state index contributed by atoms with van der Waals surface area (Å²) in [7, 11) is 0. The molecule has 1 saturated heterocycles. The zero-order valence-electron chi connectivity index (χ0n) is 10.7. The average Bonchev–Trinajstić information content (AvgIpc) is 2.26. The summed E-state index contributed by atoms with van der Waals surface area (Å²) in [4.78, 5) is 1.93. The fourth-order valence-electron chi connectivity index (χ4n) is 2.09. The van der Waals surface area contributed by atoms with Crippen molar-refractivity contribution in [3.63, 3.8) is 0 Å². The highest BCUT2D eigenvalue weighted by Gasteiger charge is 2.41. The van der Waals surface area contributed by atoms with Gasteiger partial charge in [-0.05, 0) is 44.3 Å². The van der Waals surface area contributed by atoms with Gasteiger partial charge in [0.15, 0.2) is 0 Å². The van der Waals surface area contributed by atoms with E-state index in [1.165, 1.54) is 0 Å².